The second-order valence-corrected chi connectivity index (χ2v) is 14.7. The number of anilines is 4. The molecular formula is C33H39FN8O3S. The van der Waals surface area contributed by atoms with Crippen molar-refractivity contribution in [2.24, 2.45) is 0 Å². The normalized spacial score (nSPS) is 21.0. The van der Waals surface area contributed by atoms with Gasteiger partial charge in [-0.05, 0) is 94.1 Å². The average Bonchev–Trinajstić information content (AvgIpc) is 3.84. The molecule has 11 nitrogen and oxygen atoms in total. The number of nitrogens with zero attached hydrogens (tertiary/aromatic N) is 4. The smallest absolute Gasteiger partial charge is 0.231 e. The van der Waals surface area contributed by atoms with Crippen LogP contribution in [0.1, 0.15) is 54.4 Å². The molecule has 1 aliphatic heterocycles. The standard InChI is InChI=1S/C33H39FN8O3S/c1-41-16-18-42(19-17-41)26-12-10-24(11-13-26)37-33-38-31-29(28(20-35-31)30(43)21-2-4-22(34)5-3-21)32(39-33)36-23-6-8-25(9-7-23)40-46(44,45)27-14-15-27/h2-5,10-13,20,23,25,27,40H,6-9,14-19H2,1H3,(H3,35,36,37,38,39). The summed E-state index contributed by atoms with van der Waals surface area (Å²) < 4.78 is 41.4. The van der Waals surface area contributed by atoms with Crippen molar-refractivity contribution in [3.05, 3.63) is 71.7 Å². The number of hydrogen-bond donors (Lipinski definition) is 4. The van der Waals surface area contributed by atoms with Crippen LogP contribution in [0.3, 0.4) is 0 Å². The first-order chi connectivity index (χ1) is 22.2. The molecule has 0 amide bonds. The summed E-state index contributed by atoms with van der Waals surface area (Å²) >= 11 is 0. The Morgan fingerprint density at radius 3 is 2.24 bits per heavy atom. The van der Waals surface area contributed by atoms with E-state index < -0.39 is 15.8 Å². The molecule has 3 aliphatic rings. The van der Waals surface area contributed by atoms with Crippen molar-refractivity contribution in [2.45, 2.75) is 55.9 Å². The predicted octanol–water partition coefficient (Wildman–Crippen LogP) is 4.63. The number of halogens is 1. The third-order valence-corrected chi connectivity index (χ3v) is 11.2. The highest BCUT2D eigenvalue weighted by Gasteiger charge is 2.37. The van der Waals surface area contributed by atoms with Crippen LogP contribution in [0.15, 0.2) is 54.7 Å². The van der Waals surface area contributed by atoms with Crippen molar-refractivity contribution in [3.63, 3.8) is 0 Å². The van der Waals surface area contributed by atoms with Gasteiger partial charge in [-0.3, -0.25) is 4.79 Å². The number of H-pyrrole nitrogens is 1. The van der Waals surface area contributed by atoms with Crippen molar-refractivity contribution < 1.29 is 17.6 Å². The van der Waals surface area contributed by atoms with E-state index in [9.17, 15) is 17.6 Å². The maximum Gasteiger partial charge on any atom is 0.231 e. The summed E-state index contributed by atoms with van der Waals surface area (Å²) in [5.74, 6) is 0.200. The van der Waals surface area contributed by atoms with Crippen molar-refractivity contribution in [1.29, 1.82) is 0 Å². The number of piperazine rings is 1. The maximum absolute atomic E-state index is 13.6. The second-order valence-electron chi connectivity index (χ2n) is 12.7. The Hall–Kier alpha value is -4.07. The molecule has 0 bridgehead atoms. The summed E-state index contributed by atoms with van der Waals surface area (Å²) in [4.78, 5) is 31.0. The van der Waals surface area contributed by atoms with E-state index in [1.54, 1.807) is 6.20 Å². The first kappa shape index (κ1) is 30.6. The van der Waals surface area contributed by atoms with E-state index in [1.807, 2.05) is 12.1 Å². The minimum Gasteiger partial charge on any atom is -0.369 e. The van der Waals surface area contributed by atoms with Gasteiger partial charge in [-0.2, -0.15) is 9.97 Å². The van der Waals surface area contributed by atoms with Gasteiger partial charge in [0.05, 0.1) is 16.2 Å². The molecule has 0 radical (unpaired) electrons. The zero-order valence-corrected chi connectivity index (χ0v) is 26.6. The molecule has 3 fully saturated rings. The lowest BCUT2D eigenvalue weighted by Gasteiger charge is -2.34. The number of carbonyl (C=O) groups is 1. The molecule has 2 aliphatic carbocycles. The molecule has 2 aromatic heterocycles. The van der Waals surface area contributed by atoms with Crippen LogP contribution in [-0.2, 0) is 10.0 Å². The number of sulfonamides is 1. The Labute approximate surface area is 268 Å². The van der Waals surface area contributed by atoms with Crippen LogP contribution >= 0.6 is 0 Å². The molecule has 242 valence electrons. The minimum absolute atomic E-state index is 0.0270. The van der Waals surface area contributed by atoms with Gasteiger partial charge >= 0.3 is 0 Å². The van der Waals surface area contributed by atoms with Gasteiger partial charge < -0.3 is 25.4 Å². The SMILES string of the molecule is CN1CCN(c2ccc(Nc3nc(NC4CCC(NS(=O)(=O)C5CC5)CC4)c4c(C(=O)c5ccc(F)cc5)c[nH]c4n3)cc2)CC1. The summed E-state index contributed by atoms with van der Waals surface area (Å²) in [7, 11) is -1.10. The zero-order valence-electron chi connectivity index (χ0n) is 25.8. The number of benzene rings is 2. The summed E-state index contributed by atoms with van der Waals surface area (Å²) in [5.41, 5.74) is 3.24. The second kappa shape index (κ2) is 12.6. The van der Waals surface area contributed by atoms with Crippen LogP contribution in [0.2, 0.25) is 0 Å². The van der Waals surface area contributed by atoms with Crippen molar-refractivity contribution in [1.82, 2.24) is 24.6 Å². The van der Waals surface area contributed by atoms with Crippen LogP contribution in [0.25, 0.3) is 11.0 Å². The number of hydrogen-bond acceptors (Lipinski definition) is 9. The number of aromatic nitrogens is 3. The van der Waals surface area contributed by atoms with Gasteiger partial charge in [0.25, 0.3) is 0 Å². The third kappa shape index (κ3) is 6.72. The fourth-order valence-electron chi connectivity index (χ4n) is 6.33. The molecule has 1 saturated heterocycles. The monoisotopic (exact) mass is 646 g/mol. The number of nitrogens with one attached hydrogen (secondary N) is 4. The van der Waals surface area contributed by atoms with E-state index in [2.05, 4.69) is 49.3 Å². The molecule has 2 saturated carbocycles. The van der Waals surface area contributed by atoms with E-state index in [0.29, 0.717) is 46.8 Å². The number of rotatable bonds is 10. The van der Waals surface area contributed by atoms with E-state index in [0.717, 1.165) is 57.5 Å². The Bertz CT molecular complexity index is 1810. The zero-order chi connectivity index (χ0) is 31.8. The number of ketones is 1. The van der Waals surface area contributed by atoms with E-state index in [-0.39, 0.29) is 23.1 Å². The maximum atomic E-state index is 13.6. The Morgan fingerprint density at radius 1 is 0.891 bits per heavy atom. The van der Waals surface area contributed by atoms with Gasteiger partial charge in [0.15, 0.2) is 5.78 Å². The number of aromatic amines is 1. The molecule has 46 heavy (non-hydrogen) atoms. The molecule has 0 atom stereocenters. The van der Waals surface area contributed by atoms with Gasteiger partial charge in [-0.1, -0.05) is 0 Å². The van der Waals surface area contributed by atoms with E-state index in [1.165, 1.54) is 30.0 Å². The van der Waals surface area contributed by atoms with Crippen LogP contribution in [0.5, 0.6) is 0 Å². The quantitative estimate of drug-likeness (QED) is 0.182. The van der Waals surface area contributed by atoms with Crippen molar-refractivity contribution in [3.8, 4) is 0 Å². The van der Waals surface area contributed by atoms with Gasteiger partial charge in [0, 0.05) is 61.4 Å². The number of carbonyl (C=O) groups excluding carboxylic acids is 1. The number of likely N-dealkylation sites (N-methyl/N-ethyl adjacent to an activating group) is 1. The van der Waals surface area contributed by atoms with Crippen molar-refractivity contribution in [2.75, 3.05) is 48.8 Å². The fourth-order valence-corrected chi connectivity index (χ4v) is 7.98. The molecule has 2 aromatic carbocycles. The third-order valence-electron chi connectivity index (χ3n) is 9.24. The highest BCUT2D eigenvalue weighted by molar-refractivity contribution is 7.90. The van der Waals surface area contributed by atoms with E-state index in [4.69, 9.17) is 9.97 Å². The molecule has 7 rings (SSSR count). The summed E-state index contributed by atoms with van der Waals surface area (Å²) in [6.07, 6.45) is 5.99. The lowest BCUT2D eigenvalue weighted by atomic mass is 9.91. The van der Waals surface area contributed by atoms with Crippen LogP contribution in [0, 0.1) is 5.82 Å². The van der Waals surface area contributed by atoms with E-state index >= 15 is 0 Å². The first-order valence-corrected chi connectivity index (χ1v) is 17.5. The van der Waals surface area contributed by atoms with Crippen molar-refractivity contribution >= 4 is 50.0 Å². The topological polar surface area (TPSA) is 135 Å². The highest BCUT2D eigenvalue weighted by Crippen LogP contribution is 2.33. The Balaban J connectivity index is 1.13. The molecule has 0 unspecified atom stereocenters. The van der Waals surface area contributed by atoms with Gasteiger partial charge in [0.2, 0.25) is 16.0 Å². The first-order valence-electron chi connectivity index (χ1n) is 16.0. The fraction of sp³-hybridized carbons (Fsp3) is 0.424. The van der Waals surface area contributed by atoms with Crippen LogP contribution in [-0.4, -0.2) is 84.6 Å². The molecule has 4 N–H and O–H groups in total. The number of fused-ring (bicyclic) bond motifs is 1. The summed E-state index contributed by atoms with van der Waals surface area (Å²) in [5, 5.41) is 7.20. The lowest BCUT2D eigenvalue weighted by Crippen LogP contribution is -2.44. The van der Waals surface area contributed by atoms with Gasteiger partial charge in [-0.25, -0.2) is 17.5 Å². The molecule has 4 aromatic rings. The molecule has 13 heteroatoms. The average molecular weight is 647 g/mol. The summed E-state index contributed by atoms with van der Waals surface area (Å²) in [6, 6.07) is 13.6. The highest BCUT2D eigenvalue weighted by atomic mass is 32.2. The minimum atomic E-state index is -3.24. The van der Waals surface area contributed by atoms with Crippen LogP contribution < -0.4 is 20.3 Å². The van der Waals surface area contributed by atoms with Gasteiger partial charge in [-0.15, -0.1) is 0 Å². The molecule has 3 heterocycles. The molecular weight excluding hydrogens is 607 g/mol. The Morgan fingerprint density at radius 2 is 1.57 bits per heavy atom. The van der Waals surface area contributed by atoms with Gasteiger partial charge in [0.1, 0.15) is 17.3 Å². The summed E-state index contributed by atoms with van der Waals surface area (Å²) in [6.45, 7) is 4.03. The largest absolute Gasteiger partial charge is 0.369 e. The lowest BCUT2D eigenvalue weighted by molar-refractivity contribution is 0.104. The molecule has 0 spiro atoms. The Kier molecular flexibility index (Phi) is 8.38. The van der Waals surface area contributed by atoms with Crippen LogP contribution in [0.4, 0.5) is 27.5 Å². The predicted molar refractivity (Wildman–Crippen MR) is 178 cm³/mol.